The van der Waals surface area contributed by atoms with Gasteiger partial charge in [-0.1, -0.05) is 121 Å². The molecule has 0 bridgehead atoms. The summed E-state index contributed by atoms with van der Waals surface area (Å²) >= 11 is 0. The van der Waals surface area contributed by atoms with Crippen LogP contribution in [0, 0.1) is 0 Å². The Morgan fingerprint density at radius 3 is 1.81 bits per heavy atom. The topological polar surface area (TPSA) is 4.93 Å². The molecule has 0 unspecified atom stereocenters. The van der Waals surface area contributed by atoms with Gasteiger partial charge in [0.1, 0.15) is 0 Å². The molecule has 8 rings (SSSR count). The molecule has 0 aliphatic heterocycles. The van der Waals surface area contributed by atoms with Crippen LogP contribution in [0.5, 0.6) is 0 Å². The van der Waals surface area contributed by atoms with Gasteiger partial charge in [0.15, 0.2) is 0 Å². The van der Waals surface area contributed by atoms with E-state index in [0.29, 0.717) is 0 Å². The number of nitrogens with zero attached hydrogens (tertiary/aromatic N) is 1. The van der Waals surface area contributed by atoms with Crippen molar-refractivity contribution in [3.8, 4) is 16.8 Å². The molecule has 0 saturated carbocycles. The fraction of sp³-hybridized carbons (Fsp3) is 0. The third-order valence-corrected chi connectivity index (χ3v) is 7.75. The number of fused-ring (bicyclic) bond motifs is 9. The molecule has 0 fully saturated rings. The van der Waals surface area contributed by atoms with Gasteiger partial charge in [-0.25, -0.2) is 0 Å². The highest BCUT2D eigenvalue weighted by Gasteiger charge is 2.20. The minimum Gasteiger partial charge on any atom is -0.308 e. The zero-order valence-corrected chi connectivity index (χ0v) is 20.2. The molecule has 0 radical (unpaired) electrons. The van der Waals surface area contributed by atoms with E-state index >= 15 is 0 Å². The van der Waals surface area contributed by atoms with E-state index in [0.717, 1.165) is 0 Å². The summed E-state index contributed by atoms with van der Waals surface area (Å²) < 4.78 is 2.50. The second kappa shape index (κ2) is 7.81. The first kappa shape index (κ1) is 20.3. The second-order valence-corrected chi connectivity index (χ2v) is 9.75. The van der Waals surface area contributed by atoms with Crippen LogP contribution in [0.4, 0.5) is 0 Å². The maximum Gasteiger partial charge on any atom is 0.0626 e. The first-order valence-electron chi connectivity index (χ1n) is 12.8. The number of hydrogen-bond acceptors (Lipinski definition) is 0. The number of rotatable bonds is 2. The van der Waals surface area contributed by atoms with Gasteiger partial charge in [-0.15, -0.1) is 0 Å². The Balaban J connectivity index is 1.65. The summed E-state index contributed by atoms with van der Waals surface area (Å²) in [5.74, 6) is 0. The highest BCUT2D eigenvalue weighted by atomic mass is 15.0. The first-order valence-corrected chi connectivity index (χ1v) is 12.8. The lowest BCUT2D eigenvalue weighted by Crippen LogP contribution is -1.96. The third-order valence-electron chi connectivity index (χ3n) is 7.75. The third kappa shape index (κ3) is 2.92. The maximum absolute atomic E-state index is 2.50. The van der Waals surface area contributed by atoms with Crippen molar-refractivity contribution in [2.24, 2.45) is 0 Å². The van der Waals surface area contributed by atoms with E-state index in [2.05, 4.69) is 144 Å². The van der Waals surface area contributed by atoms with Crippen LogP contribution in [0.15, 0.2) is 140 Å². The van der Waals surface area contributed by atoms with Crippen LogP contribution >= 0.6 is 0 Å². The second-order valence-electron chi connectivity index (χ2n) is 9.75. The zero-order valence-electron chi connectivity index (χ0n) is 20.2. The van der Waals surface area contributed by atoms with Crippen LogP contribution in [-0.4, -0.2) is 4.57 Å². The van der Waals surface area contributed by atoms with Crippen LogP contribution in [0.1, 0.15) is 0 Å². The molecule has 0 saturated heterocycles. The Morgan fingerprint density at radius 1 is 0.378 bits per heavy atom. The van der Waals surface area contributed by atoms with Gasteiger partial charge in [0.05, 0.1) is 16.7 Å². The Labute approximate surface area is 214 Å². The normalized spacial score (nSPS) is 11.8. The molecule has 0 atom stereocenters. The minimum atomic E-state index is 1.21. The molecule has 172 valence electrons. The van der Waals surface area contributed by atoms with Crippen LogP contribution < -0.4 is 0 Å². The van der Waals surface area contributed by atoms with Gasteiger partial charge < -0.3 is 4.57 Å². The minimum absolute atomic E-state index is 1.21. The Morgan fingerprint density at radius 2 is 1.00 bits per heavy atom. The molecular formula is C36H23N. The van der Waals surface area contributed by atoms with Crippen molar-refractivity contribution in [3.05, 3.63) is 140 Å². The fourth-order valence-corrected chi connectivity index (χ4v) is 6.14. The van der Waals surface area contributed by atoms with Gasteiger partial charge >= 0.3 is 0 Å². The Kier molecular flexibility index (Phi) is 4.29. The number of benzene rings is 7. The summed E-state index contributed by atoms with van der Waals surface area (Å²) in [5.41, 5.74) is 6.19. The first-order chi connectivity index (χ1) is 18.4. The van der Waals surface area contributed by atoms with Gasteiger partial charge in [-0.05, 0) is 50.9 Å². The summed E-state index contributed by atoms with van der Waals surface area (Å²) in [4.78, 5) is 0. The summed E-state index contributed by atoms with van der Waals surface area (Å²) in [6.07, 6.45) is 0. The predicted molar refractivity (Wildman–Crippen MR) is 159 cm³/mol. The molecule has 1 heterocycles. The molecule has 0 amide bonds. The van der Waals surface area contributed by atoms with Crippen molar-refractivity contribution < 1.29 is 0 Å². The van der Waals surface area contributed by atoms with E-state index in [-0.39, 0.29) is 0 Å². The van der Waals surface area contributed by atoms with Gasteiger partial charge in [-0.2, -0.15) is 0 Å². The maximum atomic E-state index is 2.50. The van der Waals surface area contributed by atoms with Crippen molar-refractivity contribution in [1.82, 2.24) is 4.57 Å². The molecule has 0 aliphatic carbocycles. The zero-order chi connectivity index (χ0) is 24.3. The number of hydrogen-bond donors (Lipinski definition) is 0. The van der Waals surface area contributed by atoms with Crippen LogP contribution in [0.3, 0.4) is 0 Å². The average molecular weight is 470 g/mol. The quantitative estimate of drug-likeness (QED) is 0.222. The highest BCUT2D eigenvalue weighted by molar-refractivity contribution is 6.32. The summed E-state index contributed by atoms with van der Waals surface area (Å²) in [7, 11) is 0. The molecule has 37 heavy (non-hydrogen) atoms. The SMILES string of the molecule is c1ccc(-c2ccc3c(c2)c2c4ccccc4c4ccccc4c2n3-c2cccc3ccccc23)cc1. The van der Waals surface area contributed by atoms with Crippen molar-refractivity contribution >= 4 is 54.1 Å². The van der Waals surface area contributed by atoms with Gasteiger partial charge in [0.2, 0.25) is 0 Å². The molecular weight excluding hydrogens is 446 g/mol. The summed E-state index contributed by atoms with van der Waals surface area (Å²) in [6.45, 7) is 0. The molecule has 0 aliphatic rings. The van der Waals surface area contributed by atoms with Crippen LogP contribution in [0.2, 0.25) is 0 Å². The van der Waals surface area contributed by atoms with Crippen molar-refractivity contribution in [3.63, 3.8) is 0 Å². The predicted octanol–water partition coefficient (Wildman–Crippen LogP) is 9.91. The molecule has 8 aromatic rings. The van der Waals surface area contributed by atoms with E-state index in [9.17, 15) is 0 Å². The van der Waals surface area contributed by atoms with Crippen molar-refractivity contribution in [2.75, 3.05) is 0 Å². The molecule has 0 spiro atoms. The molecule has 7 aromatic carbocycles. The monoisotopic (exact) mass is 469 g/mol. The van der Waals surface area contributed by atoms with E-state index in [1.165, 1.54) is 70.9 Å². The van der Waals surface area contributed by atoms with E-state index < -0.39 is 0 Å². The standard InChI is InChI=1S/C36H23N/c1-2-11-24(12-3-1)26-21-22-34-32(23-26)35-30-18-8-6-16-28(30)29-17-7-9-19-31(29)36(35)37(34)33-20-10-14-25-13-4-5-15-27(25)33/h1-23H. The van der Waals surface area contributed by atoms with Crippen LogP contribution in [-0.2, 0) is 0 Å². The molecule has 1 aromatic heterocycles. The smallest absolute Gasteiger partial charge is 0.0626 e. The molecule has 1 heteroatoms. The van der Waals surface area contributed by atoms with Crippen LogP contribution in [0.25, 0.3) is 70.9 Å². The number of aromatic nitrogens is 1. The Hall–Kier alpha value is -4.88. The highest BCUT2D eigenvalue weighted by Crippen LogP contribution is 2.44. The fourth-order valence-electron chi connectivity index (χ4n) is 6.14. The van der Waals surface area contributed by atoms with Gasteiger partial charge in [0.25, 0.3) is 0 Å². The average Bonchev–Trinajstić information content (AvgIpc) is 3.32. The van der Waals surface area contributed by atoms with Gasteiger partial charge in [0, 0.05) is 21.5 Å². The lowest BCUT2D eigenvalue weighted by molar-refractivity contribution is 1.20. The largest absolute Gasteiger partial charge is 0.308 e. The Bertz CT molecular complexity index is 2130. The van der Waals surface area contributed by atoms with Crippen molar-refractivity contribution in [2.45, 2.75) is 0 Å². The molecule has 0 N–H and O–H groups in total. The van der Waals surface area contributed by atoms with E-state index in [1.807, 2.05) is 0 Å². The van der Waals surface area contributed by atoms with Gasteiger partial charge in [-0.3, -0.25) is 0 Å². The lowest BCUT2D eigenvalue weighted by Gasteiger charge is -2.14. The summed E-state index contributed by atoms with van der Waals surface area (Å²) in [5, 5.41) is 10.3. The summed E-state index contributed by atoms with van der Waals surface area (Å²) in [6, 6.07) is 50.7. The van der Waals surface area contributed by atoms with E-state index in [4.69, 9.17) is 0 Å². The molecule has 1 nitrogen and oxygen atoms in total. The van der Waals surface area contributed by atoms with Crippen molar-refractivity contribution in [1.29, 1.82) is 0 Å². The van der Waals surface area contributed by atoms with E-state index in [1.54, 1.807) is 0 Å². The lowest BCUT2D eigenvalue weighted by atomic mass is 9.96.